The summed E-state index contributed by atoms with van der Waals surface area (Å²) in [5, 5.41) is 9.45. The normalized spacial score (nSPS) is 31.8. The zero-order chi connectivity index (χ0) is 11.0. The summed E-state index contributed by atoms with van der Waals surface area (Å²) in [7, 11) is 3.75. The van der Waals surface area contributed by atoms with Crippen LogP contribution in [0.1, 0.15) is 39.5 Å². The van der Waals surface area contributed by atoms with E-state index in [1.165, 1.54) is 0 Å². The van der Waals surface area contributed by atoms with E-state index in [1.807, 2.05) is 19.0 Å². The average molecular weight is 199 g/mol. The summed E-state index contributed by atoms with van der Waals surface area (Å²) in [6, 6.07) is 0. The van der Waals surface area contributed by atoms with Gasteiger partial charge in [-0.05, 0) is 32.4 Å². The molecule has 3 heteroatoms. The first-order valence-corrected chi connectivity index (χ1v) is 5.25. The number of carboxylic acids is 1. The van der Waals surface area contributed by atoms with Gasteiger partial charge in [-0.25, -0.2) is 0 Å². The molecule has 0 aliphatic heterocycles. The SMILES string of the molecule is CN(C)C1(C(=O)O)CCCCC1(C)C. The monoisotopic (exact) mass is 199 g/mol. The molecule has 3 nitrogen and oxygen atoms in total. The quantitative estimate of drug-likeness (QED) is 0.739. The number of rotatable bonds is 2. The van der Waals surface area contributed by atoms with Crippen molar-refractivity contribution in [2.24, 2.45) is 5.41 Å². The highest BCUT2D eigenvalue weighted by Crippen LogP contribution is 2.46. The molecule has 1 aliphatic rings. The number of carbonyl (C=O) groups is 1. The Bertz CT molecular complexity index is 235. The highest BCUT2D eigenvalue weighted by Gasteiger charge is 2.54. The van der Waals surface area contributed by atoms with Crippen LogP contribution in [0.5, 0.6) is 0 Å². The third kappa shape index (κ3) is 1.44. The van der Waals surface area contributed by atoms with Crippen LogP contribution >= 0.6 is 0 Å². The van der Waals surface area contributed by atoms with Crippen molar-refractivity contribution in [3.63, 3.8) is 0 Å². The Hall–Kier alpha value is -0.570. The first-order chi connectivity index (χ1) is 6.34. The molecule has 0 aromatic carbocycles. The van der Waals surface area contributed by atoms with Gasteiger partial charge in [-0.15, -0.1) is 0 Å². The van der Waals surface area contributed by atoms with Crippen molar-refractivity contribution in [2.75, 3.05) is 14.1 Å². The zero-order valence-corrected chi connectivity index (χ0v) is 9.63. The number of carboxylic acid groups (broad SMARTS) is 1. The highest BCUT2D eigenvalue weighted by atomic mass is 16.4. The molecule has 0 spiro atoms. The van der Waals surface area contributed by atoms with E-state index in [9.17, 15) is 9.90 Å². The van der Waals surface area contributed by atoms with Crippen LogP contribution in [0.15, 0.2) is 0 Å². The molecule has 1 saturated carbocycles. The molecule has 0 aromatic rings. The van der Waals surface area contributed by atoms with Crippen molar-refractivity contribution in [3.05, 3.63) is 0 Å². The van der Waals surface area contributed by atoms with Gasteiger partial charge in [0, 0.05) is 0 Å². The summed E-state index contributed by atoms with van der Waals surface area (Å²) < 4.78 is 0. The zero-order valence-electron chi connectivity index (χ0n) is 9.63. The number of nitrogens with zero attached hydrogens (tertiary/aromatic N) is 1. The Morgan fingerprint density at radius 1 is 1.21 bits per heavy atom. The van der Waals surface area contributed by atoms with Gasteiger partial charge < -0.3 is 5.11 Å². The maximum absolute atomic E-state index is 11.5. The molecule has 1 atom stereocenters. The summed E-state index contributed by atoms with van der Waals surface area (Å²) in [6.45, 7) is 4.14. The van der Waals surface area contributed by atoms with Crippen molar-refractivity contribution in [3.8, 4) is 0 Å². The van der Waals surface area contributed by atoms with Gasteiger partial charge in [-0.2, -0.15) is 0 Å². The van der Waals surface area contributed by atoms with Crippen LogP contribution < -0.4 is 0 Å². The number of hydrogen-bond acceptors (Lipinski definition) is 2. The Kier molecular flexibility index (Phi) is 2.91. The molecular weight excluding hydrogens is 178 g/mol. The number of hydrogen-bond donors (Lipinski definition) is 1. The summed E-state index contributed by atoms with van der Waals surface area (Å²) in [5.41, 5.74) is -0.814. The lowest BCUT2D eigenvalue weighted by atomic mass is 9.62. The molecule has 0 amide bonds. The molecule has 82 valence electrons. The Balaban J connectivity index is 3.11. The van der Waals surface area contributed by atoms with Crippen LogP contribution in [0, 0.1) is 5.41 Å². The minimum atomic E-state index is -0.675. The van der Waals surface area contributed by atoms with E-state index in [1.54, 1.807) is 0 Å². The lowest BCUT2D eigenvalue weighted by molar-refractivity contribution is -0.162. The van der Waals surface area contributed by atoms with Crippen molar-refractivity contribution in [1.82, 2.24) is 4.90 Å². The Morgan fingerprint density at radius 2 is 1.71 bits per heavy atom. The summed E-state index contributed by atoms with van der Waals surface area (Å²) in [4.78, 5) is 13.4. The maximum atomic E-state index is 11.5. The maximum Gasteiger partial charge on any atom is 0.324 e. The van der Waals surface area contributed by atoms with Crippen LogP contribution in [-0.4, -0.2) is 35.6 Å². The standard InChI is InChI=1S/C11H21NO2/c1-10(2)7-5-6-8-11(10,9(13)14)12(3)4/h5-8H2,1-4H3,(H,13,14). The van der Waals surface area contributed by atoms with E-state index in [-0.39, 0.29) is 5.41 Å². The fourth-order valence-corrected chi connectivity index (χ4v) is 2.91. The number of likely N-dealkylation sites (N-methyl/N-ethyl adjacent to an activating group) is 1. The highest BCUT2D eigenvalue weighted by molar-refractivity contribution is 5.80. The van der Waals surface area contributed by atoms with E-state index in [4.69, 9.17) is 0 Å². The van der Waals surface area contributed by atoms with E-state index in [0.29, 0.717) is 0 Å². The second kappa shape index (κ2) is 3.54. The largest absolute Gasteiger partial charge is 0.480 e. The van der Waals surface area contributed by atoms with Crippen LogP contribution in [0.3, 0.4) is 0 Å². The molecule has 1 fully saturated rings. The fourth-order valence-electron chi connectivity index (χ4n) is 2.91. The van der Waals surface area contributed by atoms with Gasteiger partial charge in [0.15, 0.2) is 0 Å². The van der Waals surface area contributed by atoms with Crippen molar-refractivity contribution in [1.29, 1.82) is 0 Å². The minimum Gasteiger partial charge on any atom is -0.480 e. The molecule has 0 saturated heterocycles. The summed E-state index contributed by atoms with van der Waals surface area (Å²) >= 11 is 0. The van der Waals surface area contributed by atoms with Gasteiger partial charge in [0.1, 0.15) is 5.54 Å². The van der Waals surface area contributed by atoms with E-state index in [2.05, 4.69) is 13.8 Å². The predicted molar refractivity (Wildman–Crippen MR) is 56.3 cm³/mol. The van der Waals surface area contributed by atoms with Gasteiger partial charge in [0.2, 0.25) is 0 Å². The first-order valence-electron chi connectivity index (χ1n) is 5.25. The minimum absolute atomic E-state index is 0.138. The smallest absolute Gasteiger partial charge is 0.324 e. The molecule has 0 aromatic heterocycles. The Labute approximate surface area is 86.1 Å². The molecule has 14 heavy (non-hydrogen) atoms. The predicted octanol–water partition coefficient (Wildman–Crippen LogP) is 1.97. The van der Waals surface area contributed by atoms with E-state index < -0.39 is 11.5 Å². The third-order valence-corrected chi connectivity index (χ3v) is 3.83. The van der Waals surface area contributed by atoms with Crippen LogP contribution in [0.4, 0.5) is 0 Å². The topological polar surface area (TPSA) is 40.5 Å². The average Bonchev–Trinajstić information content (AvgIpc) is 2.02. The summed E-state index contributed by atoms with van der Waals surface area (Å²) in [6.07, 6.45) is 3.93. The van der Waals surface area contributed by atoms with Gasteiger partial charge >= 0.3 is 5.97 Å². The second-order valence-electron chi connectivity index (χ2n) is 5.15. The number of aliphatic carboxylic acids is 1. The molecule has 1 N–H and O–H groups in total. The molecule has 0 bridgehead atoms. The van der Waals surface area contributed by atoms with Crippen molar-refractivity contribution >= 4 is 5.97 Å². The molecule has 1 rings (SSSR count). The molecule has 1 aliphatic carbocycles. The van der Waals surface area contributed by atoms with Crippen LogP contribution in [0.25, 0.3) is 0 Å². The molecule has 0 radical (unpaired) electrons. The Morgan fingerprint density at radius 3 is 2.00 bits per heavy atom. The lowest BCUT2D eigenvalue weighted by Crippen LogP contribution is -2.62. The van der Waals surface area contributed by atoms with Crippen LogP contribution in [0.2, 0.25) is 0 Å². The van der Waals surface area contributed by atoms with Crippen LogP contribution in [-0.2, 0) is 4.79 Å². The lowest BCUT2D eigenvalue weighted by Gasteiger charge is -2.51. The first kappa shape index (κ1) is 11.5. The van der Waals surface area contributed by atoms with Gasteiger partial charge in [0.25, 0.3) is 0 Å². The molecule has 1 unspecified atom stereocenters. The van der Waals surface area contributed by atoms with Gasteiger partial charge in [-0.1, -0.05) is 26.7 Å². The third-order valence-electron chi connectivity index (χ3n) is 3.83. The summed E-state index contributed by atoms with van der Waals surface area (Å²) in [5.74, 6) is -0.674. The van der Waals surface area contributed by atoms with E-state index >= 15 is 0 Å². The van der Waals surface area contributed by atoms with E-state index in [0.717, 1.165) is 25.7 Å². The van der Waals surface area contributed by atoms with Crippen molar-refractivity contribution < 1.29 is 9.90 Å². The van der Waals surface area contributed by atoms with Gasteiger partial charge in [0.05, 0.1) is 0 Å². The fraction of sp³-hybridized carbons (Fsp3) is 0.909. The molecule has 0 heterocycles. The van der Waals surface area contributed by atoms with Crippen molar-refractivity contribution in [2.45, 2.75) is 45.1 Å². The second-order valence-corrected chi connectivity index (χ2v) is 5.15. The van der Waals surface area contributed by atoms with Gasteiger partial charge in [-0.3, -0.25) is 9.69 Å². The molecular formula is C11H21NO2.